The van der Waals surface area contributed by atoms with Crippen LogP contribution < -0.4 is 0 Å². The Morgan fingerprint density at radius 1 is 1.36 bits per heavy atom. The Kier molecular flexibility index (Phi) is 3.66. The van der Waals surface area contributed by atoms with E-state index in [-0.39, 0.29) is 11.9 Å². The van der Waals surface area contributed by atoms with Gasteiger partial charge in [-0.1, -0.05) is 11.6 Å². The minimum atomic E-state index is -0.173. The number of imidazole rings is 1. The number of amides is 1. The first kappa shape index (κ1) is 14.7. The molecule has 0 saturated heterocycles. The summed E-state index contributed by atoms with van der Waals surface area (Å²) in [5, 5.41) is 0.655. The van der Waals surface area contributed by atoms with Crippen molar-refractivity contribution in [1.29, 1.82) is 0 Å². The van der Waals surface area contributed by atoms with E-state index in [0.717, 1.165) is 22.4 Å². The van der Waals surface area contributed by atoms with Crippen LogP contribution in [0.3, 0.4) is 0 Å². The quantitative estimate of drug-likeness (QED) is 0.774. The van der Waals surface area contributed by atoms with Gasteiger partial charge in [-0.25, -0.2) is 4.98 Å². The highest BCUT2D eigenvalue weighted by molar-refractivity contribution is 6.31. The van der Waals surface area contributed by atoms with E-state index in [1.54, 1.807) is 24.2 Å². The fourth-order valence-corrected chi connectivity index (χ4v) is 2.59. The number of benzene rings is 1. The van der Waals surface area contributed by atoms with Crippen LogP contribution in [0.25, 0.3) is 11.0 Å². The first-order valence-electron chi connectivity index (χ1n) is 7.03. The summed E-state index contributed by atoms with van der Waals surface area (Å²) in [6.45, 7) is 3.85. The van der Waals surface area contributed by atoms with Gasteiger partial charge in [0.15, 0.2) is 0 Å². The predicted octanol–water partition coefficient (Wildman–Crippen LogP) is 3.69. The van der Waals surface area contributed by atoms with Gasteiger partial charge in [0.1, 0.15) is 5.82 Å². The second kappa shape index (κ2) is 5.50. The van der Waals surface area contributed by atoms with Crippen molar-refractivity contribution in [1.82, 2.24) is 19.9 Å². The zero-order chi connectivity index (χ0) is 15.9. The number of hydrogen-bond acceptors (Lipinski definition) is 2. The zero-order valence-electron chi connectivity index (χ0n) is 12.6. The molecule has 2 heterocycles. The maximum absolute atomic E-state index is 12.6. The van der Waals surface area contributed by atoms with Crippen molar-refractivity contribution in [3.05, 3.63) is 52.6 Å². The molecule has 2 aromatic heterocycles. The number of hydrogen-bond donors (Lipinski definition) is 2. The Balaban J connectivity index is 1.89. The summed E-state index contributed by atoms with van der Waals surface area (Å²) in [4.78, 5) is 25.0. The van der Waals surface area contributed by atoms with Crippen molar-refractivity contribution < 1.29 is 4.79 Å². The highest BCUT2D eigenvalue weighted by atomic mass is 35.5. The molecule has 2 N–H and O–H groups in total. The second-order valence-electron chi connectivity index (χ2n) is 5.43. The molecule has 0 fully saturated rings. The fraction of sp³-hybridized carbons (Fsp3) is 0.250. The molecule has 1 unspecified atom stereocenters. The van der Waals surface area contributed by atoms with Crippen LogP contribution in [0.5, 0.6) is 0 Å². The lowest BCUT2D eigenvalue weighted by Gasteiger charge is -2.23. The van der Waals surface area contributed by atoms with Crippen LogP contribution >= 0.6 is 11.6 Å². The highest BCUT2D eigenvalue weighted by Crippen LogP contribution is 2.23. The molecule has 5 nitrogen and oxygen atoms in total. The van der Waals surface area contributed by atoms with Crippen molar-refractivity contribution in [2.24, 2.45) is 0 Å². The Bertz CT molecular complexity index is 836. The Hall–Kier alpha value is -2.27. The summed E-state index contributed by atoms with van der Waals surface area (Å²) in [5.74, 6) is 0.700. The van der Waals surface area contributed by atoms with Crippen LogP contribution in [-0.2, 0) is 0 Å². The summed E-state index contributed by atoms with van der Waals surface area (Å²) >= 11 is 5.99. The molecule has 3 rings (SSSR count). The maximum atomic E-state index is 12.6. The zero-order valence-corrected chi connectivity index (χ0v) is 13.4. The Morgan fingerprint density at radius 3 is 2.82 bits per heavy atom. The molecule has 0 spiro atoms. The lowest BCUT2D eigenvalue weighted by Crippen LogP contribution is -2.30. The van der Waals surface area contributed by atoms with E-state index in [1.165, 1.54) is 0 Å². The average Bonchev–Trinajstić information content (AvgIpc) is 3.10. The molecule has 0 aliphatic heterocycles. The fourth-order valence-electron chi connectivity index (χ4n) is 2.42. The summed E-state index contributed by atoms with van der Waals surface area (Å²) in [7, 11) is 1.78. The summed E-state index contributed by atoms with van der Waals surface area (Å²) < 4.78 is 0. The molecule has 114 valence electrons. The van der Waals surface area contributed by atoms with E-state index < -0.39 is 0 Å². The maximum Gasteiger partial charge on any atom is 0.256 e. The minimum absolute atomic E-state index is 0.0373. The first-order valence-corrected chi connectivity index (χ1v) is 7.41. The van der Waals surface area contributed by atoms with Crippen molar-refractivity contribution >= 4 is 28.5 Å². The van der Waals surface area contributed by atoms with E-state index in [1.807, 2.05) is 32.2 Å². The van der Waals surface area contributed by atoms with Gasteiger partial charge in [0.2, 0.25) is 0 Å². The van der Waals surface area contributed by atoms with Crippen LogP contribution in [-0.4, -0.2) is 32.8 Å². The molecular formula is C16H17ClN4O. The van der Waals surface area contributed by atoms with Crippen molar-refractivity contribution in [2.45, 2.75) is 19.9 Å². The lowest BCUT2D eigenvalue weighted by molar-refractivity contribution is 0.0737. The number of aromatic amines is 2. The Morgan fingerprint density at radius 2 is 2.14 bits per heavy atom. The molecule has 1 amide bonds. The number of nitrogens with zero attached hydrogens (tertiary/aromatic N) is 2. The molecule has 1 aromatic carbocycles. The number of nitrogens with one attached hydrogen (secondary N) is 2. The molecule has 6 heteroatoms. The van der Waals surface area contributed by atoms with Gasteiger partial charge < -0.3 is 14.9 Å². The van der Waals surface area contributed by atoms with Crippen LogP contribution in [0, 0.1) is 6.92 Å². The molecule has 22 heavy (non-hydrogen) atoms. The third-order valence-corrected chi connectivity index (χ3v) is 4.18. The molecule has 0 aliphatic carbocycles. The van der Waals surface area contributed by atoms with Crippen molar-refractivity contribution in [3.8, 4) is 0 Å². The molecular weight excluding hydrogens is 300 g/mol. The minimum Gasteiger partial charge on any atom is -0.367 e. The van der Waals surface area contributed by atoms with E-state index in [9.17, 15) is 4.79 Å². The summed E-state index contributed by atoms with van der Waals surface area (Å²) in [6.07, 6.45) is 3.54. The molecule has 0 aliphatic rings. The number of rotatable bonds is 3. The predicted molar refractivity (Wildman–Crippen MR) is 87.1 cm³/mol. The third-order valence-electron chi connectivity index (χ3n) is 3.94. The highest BCUT2D eigenvalue weighted by Gasteiger charge is 2.23. The van der Waals surface area contributed by atoms with E-state index in [2.05, 4.69) is 15.0 Å². The monoisotopic (exact) mass is 316 g/mol. The number of aryl methyl sites for hydroxylation is 1. The average molecular weight is 317 g/mol. The van der Waals surface area contributed by atoms with Crippen molar-refractivity contribution in [2.75, 3.05) is 7.05 Å². The van der Waals surface area contributed by atoms with E-state index in [4.69, 9.17) is 11.6 Å². The molecule has 0 bridgehead atoms. The van der Waals surface area contributed by atoms with E-state index in [0.29, 0.717) is 10.6 Å². The van der Waals surface area contributed by atoms with Gasteiger partial charge >= 0.3 is 0 Å². The van der Waals surface area contributed by atoms with Gasteiger partial charge in [0.25, 0.3) is 5.91 Å². The lowest BCUT2D eigenvalue weighted by atomic mass is 10.1. The number of aromatic nitrogens is 3. The number of fused-ring (bicyclic) bond motifs is 1. The van der Waals surface area contributed by atoms with Gasteiger partial charge in [0, 0.05) is 24.5 Å². The molecule has 0 radical (unpaired) electrons. The van der Waals surface area contributed by atoms with Crippen LogP contribution in [0.1, 0.15) is 34.7 Å². The number of halogens is 1. The smallest absolute Gasteiger partial charge is 0.256 e. The largest absolute Gasteiger partial charge is 0.367 e. The topological polar surface area (TPSA) is 64.8 Å². The van der Waals surface area contributed by atoms with Crippen LogP contribution in [0.2, 0.25) is 5.02 Å². The first-order chi connectivity index (χ1) is 10.5. The van der Waals surface area contributed by atoms with Gasteiger partial charge in [-0.05, 0) is 37.6 Å². The third kappa shape index (κ3) is 2.48. The summed E-state index contributed by atoms with van der Waals surface area (Å²) in [6, 6.07) is 5.32. The Labute approximate surface area is 133 Å². The molecule has 1 atom stereocenters. The van der Waals surface area contributed by atoms with E-state index >= 15 is 0 Å². The molecule has 0 saturated carbocycles. The SMILES string of the molecule is Cc1c[nH]cc1C(=O)N(C)C(C)c1nc2ccc(Cl)cc2[nH]1. The van der Waals surface area contributed by atoms with Gasteiger partial charge in [-0.2, -0.15) is 0 Å². The standard InChI is InChI=1S/C16H17ClN4O/c1-9-7-18-8-12(9)16(22)21(3)10(2)15-19-13-5-4-11(17)6-14(13)20-15/h4-8,10,18H,1-3H3,(H,19,20). The second-order valence-corrected chi connectivity index (χ2v) is 5.86. The normalized spacial score (nSPS) is 12.5. The van der Waals surface area contributed by atoms with Crippen molar-refractivity contribution in [3.63, 3.8) is 0 Å². The van der Waals surface area contributed by atoms with Crippen LogP contribution in [0.4, 0.5) is 0 Å². The molecule has 3 aromatic rings. The van der Waals surface area contributed by atoms with Gasteiger partial charge in [-0.15, -0.1) is 0 Å². The number of carbonyl (C=O) groups is 1. The van der Waals surface area contributed by atoms with Gasteiger partial charge in [-0.3, -0.25) is 4.79 Å². The number of carbonyl (C=O) groups excluding carboxylic acids is 1. The summed E-state index contributed by atoms with van der Waals surface area (Å²) in [5.41, 5.74) is 3.31. The van der Waals surface area contributed by atoms with Crippen LogP contribution in [0.15, 0.2) is 30.6 Å². The van der Waals surface area contributed by atoms with Gasteiger partial charge in [0.05, 0.1) is 22.6 Å². The number of H-pyrrole nitrogens is 2.